The van der Waals surface area contributed by atoms with Gasteiger partial charge in [-0.25, -0.2) is 4.79 Å². The Morgan fingerprint density at radius 2 is 1.56 bits per heavy atom. The number of piperidine rings is 1. The van der Waals surface area contributed by atoms with Crippen molar-refractivity contribution in [2.75, 3.05) is 13.2 Å². The number of benzene rings is 1. The number of Topliss-reactive ketones (excluding diaryl/α,β-unsaturated/α-hetero) is 1. The molecule has 0 spiro atoms. The molecule has 2 aliphatic heterocycles. The van der Waals surface area contributed by atoms with Crippen molar-refractivity contribution in [3.63, 3.8) is 0 Å². The Hall–Kier alpha value is -2.18. The van der Waals surface area contributed by atoms with E-state index in [9.17, 15) is 14.7 Å². The fraction of sp³-hybridized carbons (Fsp3) is 0.615. The highest BCUT2D eigenvalue weighted by Gasteiger charge is 2.45. The van der Waals surface area contributed by atoms with E-state index in [2.05, 4.69) is 9.47 Å². The van der Waals surface area contributed by atoms with Crippen molar-refractivity contribution in [2.24, 2.45) is 11.8 Å². The van der Waals surface area contributed by atoms with Gasteiger partial charge >= 0.3 is 5.97 Å². The van der Waals surface area contributed by atoms with Gasteiger partial charge in [0.15, 0.2) is 0 Å². The summed E-state index contributed by atoms with van der Waals surface area (Å²) in [6.45, 7) is 1.55. The number of aromatic nitrogens is 1. The summed E-state index contributed by atoms with van der Waals surface area (Å²) < 4.78 is 8.20. The van der Waals surface area contributed by atoms with E-state index in [4.69, 9.17) is 4.74 Å². The maximum Gasteiger partial charge on any atom is 0.377 e. The third-order valence-electron chi connectivity index (χ3n) is 8.65. The number of hydrogen-bond acceptors (Lipinski definition) is 4. The lowest BCUT2D eigenvalue weighted by atomic mass is 9.69. The molecule has 2 aliphatic carbocycles. The molecule has 6 atom stereocenters. The molecule has 1 N–H and O–H groups in total. The summed E-state index contributed by atoms with van der Waals surface area (Å²) in [6.07, 6.45) is 12.1. The van der Waals surface area contributed by atoms with Crippen LogP contribution < -0.4 is 0 Å². The van der Waals surface area contributed by atoms with Crippen molar-refractivity contribution in [1.29, 1.82) is 0 Å². The zero-order chi connectivity index (χ0) is 21.8. The smallest absolute Gasteiger partial charge is 0.377 e. The van der Waals surface area contributed by atoms with Gasteiger partial charge in [0.2, 0.25) is 0 Å². The molecule has 0 radical (unpaired) electrons. The maximum absolute atomic E-state index is 12.4. The van der Waals surface area contributed by atoms with Gasteiger partial charge in [0.1, 0.15) is 0 Å². The molecule has 4 fully saturated rings. The van der Waals surface area contributed by atoms with Gasteiger partial charge in [-0.05, 0) is 50.0 Å². The molecule has 1 aromatic carbocycles. The van der Waals surface area contributed by atoms with E-state index in [-0.39, 0.29) is 6.04 Å². The molecule has 2 saturated carbocycles. The van der Waals surface area contributed by atoms with Crippen LogP contribution in [0.3, 0.4) is 0 Å². The first-order valence-corrected chi connectivity index (χ1v) is 12.3. The number of nitrogens with zero attached hydrogens (tertiary/aromatic N) is 2. The van der Waals surface area contributed by atoms with Crippen molar-refractivity contribution in [3.8, 4) is 0 Å². The molecule has 0 amide bonds. The normalized spacial score (nSPS) is 35.0. The quantitative estimate of drug-likeness (QED) is 0.572. The van der Waals surface area contributed by atoms with E-state index in [1.807, 2.05) is 24.3 Å². The van der Waals surface area contributed by atoms with E-state index in [0.29, 0.717) is 23.7 Å². The number of para-hydroxylation sites is 1. The Bertz CT molecular complexity index is 1020. The zero-order valence-electron chi connectivity index (χ0n) is 18.5. The first-order chi connectivity index (χ1) is 15.6. The fourth-order valence-corrected chi connectivity index (χ4v) is 7.48. The van der Waals surface area contributed by atoms with E-state index in [1.54, 1.807) is 6.20 Å². The second-order valence-corrected chi connectivity index (χ2v) is 10.5. The summed E-state index contributed by atoms with van der Waals surface area (Å²) in [7, 11) is 0. The fourth-order valence-electron chi connectivity index (χ4n) is 7.48. The minimum atomic E-state index is -1.39. The summed E-state index contributed by atoms with van der Waals surface area (Å²) in [6, 6.07) is 9.45. The molecule has 4 aliphatic rings. The lowest BCUT2D eigenvalue weighted by Gasteiger charge is -2.55. The van der Waals surface area contributed by atoms with E-state index in [1.165, 1.54) is 38.5 Å². The Morgan fingerprint density at radius 1 is 0.875 bits per heavy atom. The standard InChI is InChI=1S/C26H32N2O4/c29-25(26(30)31)23-13-27(24-7-2-1-6-22(23)24)18-11-20-14-32-15-21(12-18)28(20)19-9-16-4-3-5-17(8-16)10-19/h1-2,6-7,13,16-21H,3-5,8-12,14-15H2,(H,30,31)/t16-,17?,18?,19?,20+,21?/m0/s1. The highest BCUT2D eigenvalue weighted by Crippen LogP contribution is 2.46. The molecular formula is C26H32N2O4. The highest BCUT2D eigenvalue weighted by molar-refractivity contribution is 6.42. The third-order valence-corrected chi connectivity index (χ3v) is 8.65. The second kappa shape index (κ2) is 7.99. The molecule has 4 bridgehead atoms. The monoisotopic (exact) mass is 436 g/mol. The van der Waals surface area contributed by atoms with Crippen molar-refractivity contribution < 1.29 is 19.4 Å². The Morgan fingerprint density at radius 3 is 2.25 bits per heavy atom. The number of aliphatic carboxylic acids is 1. The Balaban J connectivity index is 1.30. The molecule has 170 valence electrons. The van der Waals surface area contributed by atoms with Crippen molar-refractivity contribution in [1.82, 2.24) is 9.47 Å². The molecule has 6 heteroatoms. The van der Waals surface area contributed by atoms with Gasteiger partial charge in [-0.2, -0.15) is 0 Å². The van der Waals surface area contributed by atoms with Gasteiger partial charge in [-0.1, -0.05) is 37.5 Å². The molecule has 2 aromatic rings. The molecule has 6 rings (SSSR count). The Labute approximate surface area is 188 Å². The summed E-state index contributed by atoms with van der Waals surface area (Å²) in [5.41, 5.74) is 1.26. The molecule has 1 aromatic heterocycles. The van der Waals surface area contributed by atoms with Crippen LogP contribution in [-0.4, -0.2) is 57.7 Å². The van der Waals surface area contributed by atoms with Crippen LogP contribution in [0.15, 0.2) is 30.5 Å². The summed E-state index contributed by atoms with van der Waals surface area (Å²) in [5, 5.41) is 10.1. The number of rotatable bonds is 4. The number of carbonyl (C=O) groups excluding carboxylic acids is 1. The SMILES string of the molecule is O=C(O)C(=O)c1cn(C2CC3COC[C@@H](C2)N3C2CC3CCC[C@@H](C3)C2)c2ccccc12. The van der Waals surface area contributed by atoms with E-state index < -0.39 is 11.8 Å². The van der Waals surface area contributed by atoms with Crippen molar-refractivity contribution in [2.45, 2.75) is 75.5 Å². The van der Waals surface area contributed by atoms with Crippen LogP contribution in [0.4, 0.5) is 0 Å². The first kappa shape index (κ1) is 20.4. The molecule has 32 heavy (non-hydrogen) atoms. The number of carboxylic acid groups (broad SMARTS) is 1. The van der Waals surface area contributed by atoms with Gasteiger partial charge in [0.25, 0.3) is 5.78 Å². The van der Waals surface area contributed by atoms with E-state index >= 15 is 0 Å². The second-order valence-electron chi connectivity index (χ2n) is 10.5. The van der Waals surface area contributed by atoms with E-state index in [0.717, 1.165) is 48.8 Å². The highest BCUT2D eigenvalue weighted by atomic mass is 16.5. The van der Waals surface area contributed by atoms with Crippen molar-refractivity contribution in [3.05, 3.63) is 36.0 Å². The summed E-state index contributed by atoms with van der Waals surface area (Å²) in [4.78, 5) is 26.6. The van der Waals surface area contributed by atoms with Crippen LogP contribution >= 0.6 is 0 Å². The van der Waals surface area contributed by atoms with Gasteiger partial charge in [-0.3, -0.25) is 9.69 Å². The summed E-state index contributed by atoms with van der Waals surface area (Å²) >= 11 is 0. The largest absolute Gasteiger partial charge is 0.475 e. The lowest BCUT2D eigenvalue weighted by molar-refractivity contribution is -0.131. The Kier molecular flexibility index (Phi) is 5.10. The minimum absolute atomic E-state index is 0.258. The average molecular weight is 437 g/mol. The third kappa shape index (κ3) is 3.39. The van der Waals surface area contributed by atoms with Gasteiger partial charge in [-0.15, -0.1) is 0 Å². The number of fused-ring (bicyclic) bond motifs is 5. The number of carboxylic acids is 1. The maximum atomic E-state index is 12.4. The predicted molar refractivity (Wildman–Crippen MR) is 121 cm³/mol. The van der Waals surface area contributed by atoms with Gasteiger partial charge < -0.3 is 14.4 Å². The molecule has 4 unspecified atom stereocenters. The lowest BCUT2D eigenvalue weighted by Crippen LogP contribution is -2.61. The number of carbonyl (C=O) groups is 2. The predicted octanol–water partition coefficient (Wildman–Crippen LogP) is 4.28. The summed E-state index contributed by atoms with van der Waals surface area (Å²) in [5.74, 6) is -0.403. The topological polar surface area (TPSA) is 71.8 Å². The molecule has 2 saturated heterocycles. The van der Waals surface area contributed by atoms with Crippen LogP contribution in [0.25, 0.3) is 10.9 Å². The van der Waals surface area contributed by atoms with Crippen LogP contribution in [0, 0.1) is 11.8 Å². The van der Waals surface area contributed by atoms with Crippen LogP contribution in [0.5, 0.6) is 0 Å². The van der Waals surface area contributed by atoms with Crippen molar-refractivity contribution >= 4 is 22.7 Å². The first-order valence-electron chi connectivity index (χ1n) is 12.3. The van der Waals surface area contributed by atoms with Crippen LogP contribution in [-0.2, 0) is 9.53 Å². The number of ether oxygens (including phenoxy) is 1. The number of ketones is 1. The number of hydrogen-bond donors (Lipinski definition) is 1. The minimum Gasteiger partial charge on any atom is -0.475 e. The van der Waals surface area contributed by atoms with Crippen LogP contribution in [0.2, 0.25) is 0 Å². The zero-order valence-corrected chi connectivity index (χ0v) is 18.5. The molecule has 6 nitrogen and oxygen atoms in total. The molecular weight excluding hydrogens is 404 g/mol. The van der Waals surface area contributed by atoms with Gasteiger partial charge in [0.05, 0.1) is 18.8 Å². The average Bonchev–Trinajstić information content (AvgIpc) is 3.17. The van der Waals surface area contributed by atoms with Crippen LogP contribution in [0.1, 0.15) is 67.8 Å². The number of morpholine rings is 1. The van der Waals surface area contributed by atoms with Gasteiger partial charge in [0, 0.05) is 41.3 Å². The molecule has 3 heterocycles.